The summed E-state index contributed by atoms with van der Waals surface area (Å²) in [4.78, 5) is 22.0. The molecule has 8 nitrogen and oxygen atoms in total. The number of para-hydroxylation sites is 4. The average molecular weight is 1430 g/mol. The third-order valence-electron chi connectivity index (χ3n) is 23.8. The van der Waals surface area contributed by atoms with Gasteiger partial charge >= 0.3 is 0 Å². The lowest BCUT2D eigenvalue weighted by Crippen LogP contribution is -2.01. The standard InChI is InChI=1S/C100H54N8S2/c1-2-22-58(23-3-1)98-101-87(96-88(102-98)73-31-12-18-39-83(73)109-96)57-45-48-60(49-46-57)105-79-35-14-8-27-66(79)75-53-78-70-52-51-65-64(33-20-34-68(65)91(70)107-82-38-17-10-29-71(82)85(92(75)105)93(78)107)63-26-7-6-24-61(63)56-41-43-59(44-42-56)99-103-89-74-32-13-19-40-84(74)110-97(89)100(104-99)108-80-36-15-9-28-67(80)76-54-77-69-50-47-55-21-4-5-25-62(55)90(69)106-81-37-16-11-30-72(81)86(94(77)106)95(76)108/h1-54H. The van der Waals surface area contributed by atoms with E-state index in [2.05, 4.69) is 339 Å². The van der Waals surface area contributed by atoms with Crippen molar-refractivity contribution in [2.45, 2.75) is 0 Å². The third-order valence-corrected chi connectivity index (χ3v) is 26.2. The molecule has 0 bridgehead atoms. The summed E-state index contributed by atoms with van der Waals surface area (Å²) < 4.78 is 14.6. The second-order valence-corrected chi connectivity index (χ2v) is 31.5. The van der Waals surface area contributed by atoms with Crippen molar-refractivity contribution in [3.05, 3.63) is 328 Å². The molecule has 0 atom stereocenters. The molecular weight excluding hydrogens is 1380 g/mol. The molecule has 0 aliphatic rings. The maximum Gasteiger partial charge on any atom is 0.162 e. The lowest BCUT2D eigenvalue weighted by Gasteiger charge is -2.14. The van der Waals surface area contributed by atoms with E-state index in [1.807, 2.05) is 6.07 Å². The van der Waals surface area contributed by atoms with Gasteiger partial charge in [0.25, 0.3) is 0 Å². The zero-order valence-electron chi connectivity index (χ0n) is 58.6. The smallest absolute Gasteiger partial charge is 0.162 e. The molecule has 506 valence electrons. The average Bonchev–Trinajstić information content (AvgIpc) is 1.51. The molecule has 10 heterocycles. The van der Waals surface area contributed by atoms with Gasteiger partial charge in [-0.2, -0.15) is 0 Å². The number of benzene rings is 16. The Balaban J connectivity index is 0.624. The highest BCUT2D eigenvalue weighted by Crippen LogP contribution is 2.53. The van der Waals surface area contributed by atoms with Gasteiger partial charge in [-0.05, 0) is 93.7 Å². The molecule has 0 N–H and O–H groups in total. The Morgan fingerprint density at radius 1 is 0.236 bits per heavy atom. The van der Waals surface area contributed by atoms with Crippen LogP contribution in [0.15, 0.2) is 328 Å². The highest BCUT2D eigenvalue weighted by molar-refractivity contribution is 7.26. The maximum atomic E-state index is 5.82. The van der Waals surface area contributed by atoms with Crippen LogP contribution in [0.3, 0.4) is 0 Å². The van der Waals surface area contributed by atoms with E-state index >= 15 is 0 Å². The summed E-state index contributed by atoms with van der Waals surface area (Å²) in [7, 11) is 0. The zero-order chi connectivity index (χ0) is 71.3. The van der Waals surface area contributed by atoms with Gasteiger partial charge in [-0.1, -0.05) is 267 Å². The number of hydrogen-bond donors (Lipinski definition) is 0. The van der Waals surface area contributed by atoms with Gasteiger partial charge in [0.05, 0.1) is 81.3 Å². The second-order valence-electron chi connectivity index (χ2n) is 29.4. The first-order valence-electron chi connectivity index (χ1n) is 37.4. The fourth-order valence-electron chi connectivity index (χ4n) is 19.2. The van der Waals surface area contributed by atoms with E-state index in [1.54, 1.807) is 22.7 Å². The molecular formula is C100H54N8S2. The molecule has 26 aromatic rings. The molecule has 0 amide bonds. The summed E-state index contributed by atoms with van der Waals surface area (Å²) >= 11 is 3.54. The summed E-state index contributed by atoms with van der Waals surface area (Å²) in [5.41, 5.74) is 23.5. The van der Waals surface area contributed by atoms with Crippen molar-refractivity contribution >= 4 is 205 Å². The molecule has 16 aromatic carbocycles. The van der Waals surface area contributed by atoms with Crippen molar-refractivity contribution in [3.63, 3.8) is 0 Å². The van der Waals surface area contributed by atoms with E-state index in [-0.39, 0.29) is 0 Å². The highest BCUT2D eigenvalue weighted by Gasteiger charge is 2.30. The fraction of sp³-hybridized carbons (Fsp3) is 0. The van der Waals surface area contributed by atoms with Crippen LogP contribution < -0.4 is 0 Å². The van der Waals surface area contributed by atoms with Gasteiger partial charge in [-0.15, -0.1) is 22.7 Å². The van der Waals surface area contributed by atoms with Gasteiger partial charge in [0.1, 0.15) is 0 Å². The van der Waals surface area contributed by atoms with Crippen LogP contribution in [0.4, 0.5) is 0 Å². The van der Waals surface area contributed by atoms with Gasteiger partial charge < -0.3 is 13.4 Å². The molecule has 10 aromatic heterocycles. The monoisotopic (exact) mass is 1430 g/mol. The van der Waals surface area contributed by atoms with Crippen LogP contribution in [0.2, 0.25) is 0 Å². The van der Waals surface area contributed by atoms with Gasteiger partial charge in [0.15, 0.2) is 17.5 Å². The van der Waals surface area contributed by atoms with Crippen LogP contribution in [0.5, 0.6) is 0 Å². The van der Waals surface area contributed by atoms with Crippen molar-refractivity contribution in [2.75, 3.05) is 0 Å². The van der Waals surface area contributed by atoms with Crippen molar-refractivity contribution in [2.24, 2.45) is 0 Å². The van der Waals surface area contributed by atoms with Crippen molar-refractivity contribution in [3.8, 4) is 67.8 Å². The van der Waals surface area contributed by atoms with Gasteiger partial charge in [0, 0.05) is 118 Å². The third kappa shape index (κ3) is 7.81. The molecule has 0 radical (unpaired) electrons. The van der Waals surface area contributed by atoms with Crippen LogP contribution in [-0.4, -0.2) is 37.9 Å². The van der Waals surface area contributed by atoms with Crippen LogP contribution in [-0.2, 0) is 0 Å². The van der Waals surface area contributed by atoms with Crippen molar-refractivity contribution < 1.29 is 0 Å². The van der Waals surface area contributed by atoms with Crippen LogP contribution in [0.25, 0.3) is 250 Å². The van der Waals surface area contributed by atoms with E-state index in [4.69, 9.17) is 19.9 Å². The molecule has 0 saturated heterocycles. The lowest BCUT2D eigenvalue weighted by atomic mass is 9.90. The zero-order valence-corrected chi connectivity index (χ0v) is 60.2. The van der Waals surface area contributed by atoms with E-state index < -0.39 is 0 Å². The molecule has 0 aliphatic heterocycles. The normalized spacial score (nSPS) is 12.5. The van der Waals surface area contributed by atoms with E-state index in [9.17, 15) is 0 Å². The Morgan fingerprint density at radius 3 is 1.35 bits per heavy atom. The predicted octanol–water partition coefficient (Wildman–Crippen LogP) is 27.1. The Labute approximate surface area is 633 Å². The van der Waals surface area contributed by atoms with E-state index in [0.29, 0.717) is 5.82 Å². The summed E-state index contributed by atoms with van der Waals surface area (Å²) in [6, 6.07) is 121. The summed E-state index contributed by atoms with van der Waals surface area (Å²) in [5, 5.41) is 21.9. The molecule has 0 unspecified atom stereocenters. The number of aromatic nitrogens is 8. The minimum atomic E-state index is 0.679. The lowest BCUT2D eigenvalue weighted by molar-refractivity contribution is 1.08. The first-order chi connectivity index (χ1) is 54.6. The number of rotatable bonds is 7. The molecule has 110 heavy (non-hydrogen) atoms. The van der Waals surface area contributed by atoms with Crippen molar-refractivity contribution in [1.29, 1.82) is 0 Å². The Bertz CT molecular complexity index is 8530. The Morgan fingerprint density at radius 2 is 0.682 bits per heavy atom. The minimum Gasteiger partial charge on any atom is -0.309 e. The van der Waals surface area contributed by atoms with Gasteiger partial charge in [-0.25, -0.2) is 19.9 Å². The molecule has 0 aliphatic carbocycles. The van der Waals surface area contributed by atoms with E-state index in [0.717, 1.165) is 104 Å². The van der Waals surface area contributed by atoms with Crippen LogP contribution >= 0.6 is 22.7 Å². The number of hydrogen-bond acceptors (Lipinski definition) is 6. The van der Waals surface area contributed by atoms with Crippen LogP contribution in [0.1, 0.15) is 0 Å². The summed E-state index contributed by atoms with van der Waals surface area (Å²) in [6.45, 7) is 0. The quantitative estimate of drug-likeness (QED) is 0.159. The summed E-state index contributed by atoms with van der Waals surface area (Å²) in [5.74, 6) is 2.28. The SMILES string of the molecule is c1ccc(-c2nc(-c3ccc(-n4c5ccccc5c5cc6c7ccc8c(-c9ccccc9-c9ccc(-c%10nc(-n%11c%12ccccc%12c%12cc%13c%14ccc%15ccccc%15c%14n%14c%15ccccc%15c(c%12%11)c%13%14)c%11sc%12ccccc%12c%11n%10)cc9)cccc8c7n7c8ccccc8c(c54)c67)cc3)c3sc4ccccc4c3n2)cc1. The maximum absolute atomic E-state index is 5.82. The van der Waals surface area contributed by atoms with Gasteiger partial charge in [-0.3, -0.25) is 4.57 Å². The fourth-order valence-corrected chi connectivity index (χ4v) is 21.5. The molecule has 26 rings (SSSR count). The van der Waals surface area contributed by atoms with E-state index in [1.165, 1.54) is 140 Å². The summed E-state index contributed by atoms with van der Waals surface area (Å²) in [6.07, 6.45) is 0. The van der Waals surface area contributed by atoms with Gasteiger partial charge in [0.2, 0.25) is 0 Å². The first kappa shape index (κ1) is 59.0. The molecule has 0 spiro atoms. The first-order valence-corrected chi connectivity index (χ1v) is 39.1. The van der Waals surface area contributed by atoms with Crippen molar-refractivity contribution in [1.82, 2.24) is 37.9 Å². The predicted molar refractivity (Wildman–Crippen MR) is 464 cm³/mol. The largest absolute Gasteiger partial charge is 0.309 e. The minimum absolute atomic E-state index is 0.679. The highest BCUT2D eigenvalue weighted by atomic mass is 32.1. The second kappa shape index (κ2) is 21.8. The number of fused-ring (bicyclic) bond motifs is 30. The van der Waals surface area contributed by atoms with Crippen LogP contribution in [0, 0.1) is 0 Å². The Hall–Kier alpha value is -14.2. The molecule has 0 saturated carbocycles. The Kier molecular flexibility index (Phi) is 11.7. The number of nitrogens with zero attached hydrogens (tertiary/aromatic N) is 8. The topological polar surface area (TPSA) is 70.2 Å². The number of thiophene rings is 2. The molecule has 10 heteroatoms. The molecule has 0 fully saturated rings.